The van der Waals surface area contributed by atoms with E-state index in [1.807, 2.05) is 56.3 Å². The van der Waals surface area contributed by atoms with Crippen molar-refractivity contribution in [2.75, 3.05) is 0 Å². The average molecular weight is 467 g/mol. The number of aryl methyl sites for hydroxylation is 2. The molecule has 0 atom stereocenters. The molecule has 0 bridgehead atoms. The number of furan rings is 1. The van der Waals surface area contributed by atoms with E-state index in [0.717, 1.165) is 67.1 Å². The summed E-state index contributed by atoms with van der Waals surface area (Å²) in [6.45, 7) is 4.04. The summed E-state index contributed by atoms with van der Waals surface area (Å²) in [6.07, 6.45) is 0. The maximum absolute atomic E-state index is 6.46. The van der Waals surface area contributed by atoms with Crippen molar-refractivity contribution in [2.24, 2.45) is 0 Å². The second-order valence-corrected chi connectivity index (χ2v) is 9.02. The minimum Gasteiger partial charge on any atom is -0.437 e. The van der Waals surface area contributed by atoms with Gasteiger partial charge in [0.05, 0.1) is 28.0 Å². The maximum atomic E-state index is 6.46. The van der Waals surface area contributed by atoms with Gasteiger partial charge in [0.1, 0.15) is 11.4 Å². The van der Waals surface area contributed by atoms with Gasteiger partial charge in [-0.25, -0.2) is 9.97 Å². The molecule has 0 aliphatic rings. The van der Waals surface area contributed by atoms with Gasteiger partial charge >= 0.3 is 0 Å². The summed E-state index contributed by atoms with van der Waals surface area (Å²) in [5.74, 6) is 0.819. The summed E-state index contributed by atoms with van der Waals surface area (Å²) < 4.78 is 8.64. The van der Waals surface area contributed by atoms with Gasteiger partial charge in [0.15, 0.2) is 0 Å². The highest BCUT2D eigenvalue weighted by Gasteiger charge is 2.21. The van der Waals surface area contributed by atoms with Crippen LogP contribution in [0.5, 0.6) is 0 Å². The van der Waals surface area contributed by atoms with Gasteiger partial charge in [0.25, 0.3) is 0 Å². The second-order valence-electron chi connectivity index (χ2n) is 9.02. The summed E-state index contributed by atoms with van der Waals surface area (Å²) in [5.41, 5.74) is 9.10. The molecule has 0 amide bonds. The Morgan fingerprint density at radius 3 is 2.28 bits per heavy atom. The number of hydrogen-bond acceptors (Lipinski definition) is 4. The van der Waals surface area contributed by atoms with E-state index in [-0.39, 0.29) is 0 Å². The van der Waals surface area contributed by atoms with Crippen molar-refractivity contribution in [1.29, 1.82) is 0 Å². The van der Waals surface area contributed by atoms with Gasteiger partial charge in [-0.3, -0.25) is 9.55 Å². The number of nitrogens with zero attached hydrogens (tertiary/aromatic N) is 4. The summed E-state index contributed by atoms with van der Waals surface area (Å²) in [7, 11) is 0. The summed E-state index contributed by atoms with van der Waals surface area (Å²) >= 11 is 0. The molecule has 7 rings (SSSR count). The second kappa shape index (κ2) is 7.89. The van der Waals surface area contributed by atoms with Crippen LogP contribution in [0.2, 0.25) is 0 Å². The van der Waals surface area contributed by atoms with Gasteiger partial charge in [-0.15, -0.1) is 0 Å². The Bertz CT molecular complexity index is 1900. The first-order valence-corrected chi connectivity index (χ1v) is 12.0. The van der Waals surface area contributed by atoms with E-state index in [0.29, 0.717) is 5.71 Å². The molecular weight excluding hydrogens is 444 g/mol. The fraction of sp³-hybridized carbons (Fsp3) is 0.0645. The molecule has 36 heavy (non-hydrogen) atoms. The van der Waals surface area contributed by atoms with Crippen molar-refractivity contribution in [3.05, 3.63) is 108 Å². The van der Waals surface area contributed by atoms with Crippen molar-refractivity contribution < 1.29 is 4.42 Å². The highest BCUT2D eigenvalue weighted by atomic mass is 16.3. The van der Waals surface area contributed by atoms with E-state index >= 15 is 0 Å². The van der Waals surface area contributed by atoms with Crippen LogP contribution in [0, 0.1) is 13.8 Å². The van der Waals surface area contributed by atoms with Crippen LogP contribution in [0.15, 0.2) is 101 Å². The first-order chi connectivity index (χ1) is 17.7. The number of pyridine rings is 2. The van der Waals surface area contributed by atoms with Crippen LogP contribution < -0.4 is 0 Å². The molecule has 0 aliphatic carbocycles. The van der Waals surface area contributed by atoms with E-state index in [1.165, 1.54) is 0 Å². The standard InChI is InChI=1S/C31H22N4O/c1-19-18-27-28(20(2)32-19)35(22-12-7-4-8-13-22)30(33-27)25-15-9-14-23-24-16-17-26(21-10-5-3-6-11-21)34-31(24)36-29(23)25/h3-18H,1-2H3. The van der Waals surface area contributed by atoms with Crippen LogP contribution in [0.4, 0.5) is 0 Å². The molecule has 0 saturated heterocycles. The lowest BCUT2D eigenvalue weighted by atomic mass is 10.1. The predicted molar refractivity (Wildman–Crippen MR) is 144 cm³/mol. The number of para-hydroxylation sites is 2. The Balaban J connectivity index is 1.52. The summed E-state index contributed by atoms with van der Waals surface area (Å²) in [4.78, 5) is 14.7. The lowest BCUT2D eigenvalue weighted by Crippen LogP contribution is -1.99. The molecule has 0 radical (unpaired) electrons. The SMILES string of the molecule is Cc1cc2nc(-c3cccc4c3oc3nc(-c5ccccc5)ccc34)n(-c3ccccc3)c2c(C)n1. The van der Waals surface area contributed by atoms with Crippen LogP contribution in [-0.2, 0) is 0 Å². The Kier molecular flexibility index (Phi) is 4.51. The minimum absolute atomic E-state index is 0.620. The first-order valence-electron chi connectivity index (χ1n) is 12.0. The normalized spacial score (nSPS) is 11.6. The lowest BCUT2D eigenvalue weighted by molar-refractivity contribution is 0.655. The molecule has 0 fully saturated rings. The molecule has 0 N–H and O–H groups in total. The average Bonchev–Trinajstić information content (AvgIpc) is 3.48. The third-order valence-corrected chi connectivity index (χ3v) is 6.63. The zero-order chi connectivity index (χ0) is 24.2. The van der Waals surface area contributed by atoms with Crippen LogP contribution >= 0.6 is 0 Å². The van der Waals surface area contributed by atoms with Crippen LogP contribution in [0.3, 0.4) is 0 Å². The zero-order valence-corrected chi connectivity index (χ0v) is 19.9. The molecule has 0 unspecified atom stereocenters. The van der Waals surface area contributed by atoms with Gasteiger partial charge in [-0.1, -0.05) is 60.7 Å². The number of benzene rings is 3. The Morgan fingerprint density at radius 1 is 0.694 bits per heavy atom. The van der Waals surface area contributed by atoms with Crippen LogP contribution in [0.25, 0.3) is 61.4 Å². The van der Waals surface area contributed by atoms with Gasteiger partial charge in [-0.2, -0.15) is 0 Å². The van der Waals surface area contributed by atoms with Crippen molar-refractivity contribution in [1.82, 2.24) is 19.5 Å². The quantitative estimate of drug-likeness (QED) is 0.268. The molecule has 5 nitrogen and oxygen atoms in total. The highest BCUT2D eigenvalue weighted by Crippen LogP contribution is 2.38. The zero-order valence-electron chi connectivity index (χ0n) is 19.9. The first kappa shape index (κ1) is 20.6. The molecule has 172 valence electrons. The number of hydrogen-bond donors (Lipinski definition) is 0. The van der Waals surface area contributed by atoms with Crippen LogP contribution in [-0.4, -0.2) is 19.5 Å². The van der Waals surface area contributed by atoms with E-state index < -0.39 is 0 Å². The van der Waals surface area contributed by atoms with E-state index in [1.54, 1.807) is 0 Å². The predicted octanol–water partition coefficient (Wildman–Crippen LogP) is 7.67. The number of fused-ring (bicyclic) bond motifs is 4. The summed E-state index contributed by atoms with van der Waals surface area (Å²) in [6, 6.07) is 32.8. The van der Waals surface area contributed by atoms with Gasteiger partial charge in [0.2, 0.25) is 5.71 Å². The smallest absolute Gasteiger partial charge is 0.227 e. The van der Waals surface area contributed by atoms with E-state index in [4.69, 9.17) is 19.4 Å². The highest BCUT2D eigenvalue weighted by molar-refractivity contribution is 6.09. The largest absolute Gasteiger partial charge is 0.437 e. The Hall–Kier alpha value is -4.77. The molecule has 0 aliphatic heterocycles. The molecule has 4 aromatic heterocycles. The minimum atomic E-state index is 0.620. The van der Waals surface area contributed by atoms with E-state index in [2.05, 4.69) is 59.2 Å². The molecule has 3 aromatic carbocycles. The molecular formula is C31H22N4O. The maximum Gasteiger partial charge on any atom is 0.227 e. The third-order valence-electron chi connectivity index (χ3n) is 6.63. The molecule has 5 heteroatoms. The molecule has 4 heterocycles. The number of imidazole rings is 1. The van der Waals surface area contributed by atoms with Crippen molar-refractivity contribution in [2.45, 2.75) is 13.8 Å². The monoisotopic (exact) mass is 466 g/mol. The molecule has 0 saturated carbocycles. The third kappa shape index (κ3) is 3.13. The fourth-order valence-electron chi connectivity index (χ4n) is 5.07. The number of aromatic nitrogens is 4. The van der Waals surface area contributed by atoms with Crippen LogP contribution in [0.1, 0.15) is 11.4 Å². The topological polar surface area (TPSA) is 56.7 Å². The Morgan fingerprint density at radius 2 is 1.47 bits per heavy atom. The van der Waals surface area contributed by atoms with E-state index in [9.17, 15) is 0 Å². The van der Waals surface area contributed by atoms with Crippen molar-refractivity contribution in [3.8, 4) is 28.3 Å². The van der Waals surface area contributed by atoms with Gasteiger partial charge in [0, 0.05) is 27.7 Å². The summed E-state index contributed by atoms with van der Waals surface area (Å²) in [5, 5.41) is 2.01. The van der Waals surface area contributed by atoms with Crippen molar-refractivity contribution in [3.63, 3.8) is 0 Å². The fourth-order valence-corrected chi connectivity index (χ4v) is 5.07. The molecule has 0 spiro atoms. The number of rotatable bonds is 3. The van der Waals surface area contributed by atoms with Gasteiger partial charge in [-0.05, 0) is 50.2 Å². The Labute approximate surface area is 207 Å². The van der Waals surface area contributed by atoms with Gasteiger partial charge < -0.3 is 4.42 Å². The lowest BCUT2D eigenvalue weighted by Gasteiger charge is -2.11. The molecule has 7 aromatic rings. The van der Waals surface area contributed by atoms with Crippen molar-refractivity contribution >= 4 is 33.1 Å².